The minimum Gasteiger partial charge on any atom is -0.508 e. The van der Waals surface area contributed by atoms with Crippen LogP contribution in [0.3, 0.4) is 0 Å². The summed E-state index contributed by atoms with van der Waals surface area (Å²) in [5.74, 6) is -0.453. The highest BCUT2D eigenvalue weighted by atomic mass is 16.3. The lowest BCUT2D eigenvalue weighted by atomic mass is 10.1. The summed E-state index contributed by atoms with van der Waals surface area (Å²) >= 11 is 0. The Hall–Kier alpha value is -2.34. The number of aliphatic hydroxyl groups is 1. The van der Waals surface area contributed by atoms with E-state index >= 15 is 0 Å². The smallest absolute Gasteiger partial charge is 0.197 e. The van der Waals surface area contributed by atoms with Gasteiger partial charge < -0.3 is 25.5 Å². The Bertz CT molecular complexity index is 620. The number of phenolic OH excluding ortho intramolecular Hbond substituents is 2. The van der Waals surface area contributed by atoms with E-state index < -0.39 is 6.04 Å². The van der Waals surface area contributed by atoms with Crippen molar-refractivity contribution in [1.82, 2.24) is 4.57 Å². The lowest BCUT2D eigenvalue weighted by molar-refractivity contribution is 0.218. The van der Waals surface area contributed by atoms with Crippen molar-refractivity contribution in [2.75, 3.05) is 6.61 Å². The topological polar surface area (TPSA) is 106 Å². The molecule has 0 amide bonds. The molecule has 0 aliphatic heterocycles. The Morgan fingerprint density at radius 2 is 1.75 bits per heavy atom. The Morgan fingerprint density at radius 1 is 1.05 bits per heavy atom. The third-order valence-electron chi connectivity index (χ3n) is 3.22. The molecule has 6 nitrogen and oxygen atoms in total. The van der Waals surface area contributed by atoms with Crippen LogP contribution >= 0.6 is 0 Å². The number of hydrogen-bond acceptors (Lipinski definition) is 5. The van der Waals surface area contributed by atoms with Crippen LogP contribution < -0.4 is 0 Å². The third-order valence-corrected chi connectivity index (χ3v) is 3.22. The molecule has 2 aromatic rings. The van der Waals surface area contributed by atoms with Gasteiger partial charge in [-0.05, 0) is 18.6 Å². The van der Waals surface area contributed by atoms with Gasteiger partial charge in [0.15, 0.2) is 11.8 Å². The fraction of sp³-hybridized carbons (Fsp3) is 0.286. The average molecular weight is 279 g/mol. The SMILES string of the molecule is CC(CO)n1c(O)cc(Cc2ccc(O)cc2O)c1O. The summed E-state index contributed by atoms with van der Waals surface area (Å²) in [6, 6.07) is 5.10. The zero-order chi connectivity index (χ0) is 14.9. The standard InChI is InChI=1S/C14H17NO5/c1-8(7-16)15-13(19)5-10(14(15)20)4-9-2-3-11(17)6-12(9)18/h2-3,5-6,8,16-20H,4,7H2,1H3. The maximum Gasteiger partial charge on any atom is 0.197 e. The Morgan fingerprint density at radius 3 is 2.35 bits per heavy atom. The van der Waals surface area contributed by atoms with E-state index in [0.29, 0.717) is 11.1 Å². The number of rotatable bonds is 4. The van der Waals surface area contributed by atoms with Crippen LogP contribution in [0.15, 0.2) is 24.3 Å². The molecule has 1 aromatic heterocycles. The van der Waals surface area contributed by atoms with Crippen LogP contribution in [-0.4, -0.2) is 36.7 Å². The quantitative estimate of drug-likeness (QED) is 0.582. The number of nitrogens with zero attached hydrogens (tertiary/aromatic N) is 1. The van der Waals surface area contributed by atoms with Gasteiger partial charge in [0, 0.05) is 24.1 Å². The van der Waals surface area contributed by atoms with E-state index in [2.05, 4.69) is 0 Å². The summed E-state index contributed by atoms with van der Waals surface area (Å²) in [4.78, 5) is 0. The highest BCUT2D eigenvalue weighted by Crippen LogP contribution is 2.34. The lowest BCUT2D eigenvalue weighted by Crippen LogP contribution is -2.08. The minimum atomic E-state index is -0.461. The van der Waals surface area contributed by atoms with E-state index in [1.807, 2.05) is 0 Å². The molecule has 1 aromatic carbocycles. The third kappa shape index (κ3) is 2.50. The number of benzene rings is 1. The second kappa shape index (κ2) is 5.34. The summed E-state index contributed by atoms with van der Waals surface area (Å²) < 4.78 is 1.22. The van der Waals surface area contributed by atoms with Gasteiger partial charge in [-0.1, -0.05) is 6.07 Å². The van der Waals surface area contributed by atoms with E-state index in [-0.39, 0.29) is 36.3 Å². The molecule has 0 aliphatic carbocycles. The van der Waals surface area contributed by atoms with E-state index in [0.717, 1.165) is 0 Å². The summed E-state index contributed by atoms with van der Waals surface area (Å²) in [6.45, 7) is 1.43. The zero-order valence-corrected chi connectivity index (χ0v) is 11.0. The van der Waals surface area contributed by atoms with Crippen LogP contribution in [0.5, 0.6) is 23.3 Å². The molecular weight excluding hydrogens is 262 g/mol. The van der Waals surface area contributed by atoms with Gasteiger partial charge in [0.05, 0.1) is 12.6 Å². The molecule has 0 radical (unpaired) electrons. The molecule has 1 atom stereocenters. The van der Waals surface area contributed by atoms with Crippen LogP contribution in [0.2, 0.25) is 0 Å². The first-order valence-corrected chi connectivity index (χ1v) is 6.17. The van der Waals surface area contributed by atoms with Crippen molar-refractivity contribution in [3.63, 3.8) is 0 Å². The molecule has 6 heteroatoms. The predicted octanol–water partition coefficient (Wildman–Crippen LogP) is 1.45. The van der Waals surface area contributed by atoms with Gasteiger partial charge in [0.25, 0.3) is 0 Å². The van der Waals surface area contributed by atoms with Crippen molar-refractivity contribution in [3.05, 3.63) is 35.4 Å². The van der Waals surface area contributed by atoms with E-state index in [1.54, 1.807) is 6.92 Å². The fourth-order valence-corrected chi connectivity index (χ4v) is 2.11. The van der Waals surface area contributed by atoms with Gasteiger partial charge in [0.2, 0.25) is 0 Å². The second-order valence-electron chi connectivity index (χ2n) is 4.74. The van der Waals surface area contributed by atoms with Crippen LogP contribution in [0.1, 0.15) is 24.1 Å². The van der Waals surface area contributed by atoms with Crippen molar-refractivity contribution in [2.24, 2.45) is 0 Å². The monoisotopic (exact) mass is 279 g/mol. The highest BCUT2D eigenvalue weighted by molar-refractivity contribution is 5.45. The van der Waals surface area contributed by atoms with E-state index in [1.165, 1.54) is 28.8 Å². The molecule has 0 saturated carbocycles. The lowest BCUT2D eigenvalue weighted by Gasteiger charge is -2.13. The molecule has 0 aliphatic rings. The van der Waals surface area contributed by atoms with Crippen LogP contribution in [0.4, 0.5) is 0 Å². The molecule has 108 valence electrons. The van der Waals surface area contributed by atoms with Crippen molar-refractivity contribution in [2.45, 2.75) is 19.4 Å². The predicted molar refractivity (Wildman–Crippen MR) is 72.1 cm³/mol. The molecule has 0 saturated heterocycles. The van der Waals surface area contributed by atoms with Gasteiger partial charge >= 0.3 is 0 Å². The molecule has 1 heterocycles. The Balaban J connectivity index is 2.35. The number of aromatic nitrogens is 1. The van der Waals surface area contributed by atoms with Gasteiger partial charge in [-0.2, -0.15) is 0 Å². The fourth-order valence-electron chi connectivity index (χ4n) is 2.11. The summed E-state index contributed by atoms with van der Waals surface area (Å²) in [7, 11) is 0. The zero-order valence-electron chi connectivity index (χ0n) is 11.0. The number of aliphatic hydroxyl groups excluding tert-OH is 1. The van der Waals surface area contributed by atoms with Crippen molar-refractivity contribution >= 4 is 0 Å². The van der Waals surface area contributed by atoms with E-state index in [9.17, 15) is 20.4 Å². The number of phenols is 2. The normalized spacial score (nSPS) is 12.5. The first-order valence-electron chi connectivity index (χ1n) is 6.17. The van der Waals surface area contributed by atoms with Gasteiger partial charge in [-0.25, -0.2) is 0 Å². The van der Waals surface area contributed by atoms with Crippen LogP contribution in [-0.2, 0) is 6.42 Å². The van der Waals surface area contributed by atoms with Crippen LogP contribution in [0, 0.1) is 0 Å². The molecule has 0 fully saturated rings. The molecule has 2 rings (SSSR count). The highest BCUT2D eigenvalue weighted by Gasteiger charge is 2.19. The number of hydrogen-bond donors (Lipinski definition) is 5. The summed E-state index contributed by atoms with van der Waals surface area (Å²) in [5.41, 5.74) is 0.927. The summed E-state index contributed by atoms with van der Waals surface area (Å²) in [5, 5.41) is 47.9. The Labute approximate surface area is 115 Å². The number of aromatic hydroxyl groups is 4. The van der Waals surface area contributed by atoms with Gasteiger partial charge in [0.1, 0.15) is 11.5 Å². The molecule has 0 spiro atoms. The van der Waals surface area contributed by atoms with Crippen molar-refractivity contribution in [1.29, 1.82) is 0 Å². The van der Waals surface area contributed by atoms with Crippen molar-refractivity contribution in [3.8, 4) is 23.3 Å². The summed E-state index contributed by atoms with van der Waals surface area (Å²) in [6.07, 6.45) is 0.191. The maximum absolute atomic E-state index is 10.1. The Kier molecular flexibility index (Phi) is 3.76. The molecule has 20 heavy (non-hydrogen) atoms. The average Bonchev–Trinajstić information content (AvgIpc) is 2.67. The second-order valence-corrected chi connectivity index (χ2v) is 4.74. The maximum atomic E-state index is 10.1. The largest absolute Gasteiger partial charge is 0.508 e. The van der Waals surface area contributed by atoms with Crippen molar-refractivity contribution < 1.29 is 25.5 Å². The minimum absolute atomic E-state index is 0.0511. The van der Waals surface area contributed by atoms with Gasteiger partial charge in [-0.15, -0.1) is 0 Å². The molecule has 1 unspecified atom stereocenters. The molecular formula is C14H17NO5. The molecule has 0 bridgehead atoms. The van der Waals surface area contributed by atoms with Crippen LogP contribution in [0.25, 0.3) is 0 Å². The first kappa shape index (κ1) is 14.1. The van der Waals surface area contributed by atoms with Gasteiger partial charge in [-0.3, -0.25) is 4.57 Å². The molecule has 5 N–H and O–H groups in total. The van der Waals surface area contributed by atoms with E-state index in [4.69, 9.17) is 5.11 Å². The first-order chi connectivity index (χ1) is 9.43.